The molecule has 0 bridgehead atoms. The number of nitrogens with two attached hydrogens (primary N) is 2. The van der Waals surface area contributed by atoms with Crippen molar-refractivity contribution in [2.45, 2.75) is 38.1 Å². The zero-order valence-electron chi connectivity index (χ0n) is 10.1. The predicted molar refractivity (Wildman–Crippen MR) is 63.8 cm³/mol. The highest BCUT2D eigenvalue weighted by Crippen LogP contribution is 2.27. The minimum Gasteiger partial charge on any atom is -0.369 e. The van der Waals surface area contributed by atoms with E-state index >= 15 is 0 Å². The van der Waals surface area contributed by atoms with Crippen molar-refractivity contribution in [1.29, 1.82) is 0 Å². The molecule has 0 spiro atoms. The summed E-state index contributed by atoms with van der Waals surface area (Å²) in [4.78, 5) is 25.1. The van der Waals surface area contributed by atoms with Crippen LogP contribution >= 0.6 is 0 Å². The summed E-state index contributed by atoms with van der Waals surface area (Å²) in [5.41, 5.74) is 11.1. The molecule has 96 valence electrons. The first-order chi connectivity index (χ1) is 8.08. The molecule has 2 amide bonds. The Balaban J connectivity index is 1.86. The molecule has 5 nitrogen and oxygen atoms in total. The van der Waals surface area contributed by atoms with Crippen LogP contribution in [0.15, 0.2) is 0 Å². The zero-order chi connectivity index (χ0) is 12.4. The summed E-state index contributed by atoms with van der Waals surface area (Å²) in [6.45, 7) is 1.19. The van der Waals surface area contributed by atoms with E-state index in [1.807, 2.05) is 0 Å². The number of likely N-dealkylation sites (tertiary alicyclic amines) is 1. The number of hydrogen-bond acceptors (Lipinski definition) is 3. The van der Waals surface area contributed by atoms with Gasteiger partial charge in [-0.25, -0.2) is 0 Å². The highest BCUT2D eigenvalue weighted by atomic mass is 16.2. The number of rotatable bonds is 2. The zero-order valence-corrected chi connectivity index (χ0v) is 10.1. The van der Waals surface area contributed by atoms with Crippen LogP contribution in [0.2, 0.25) is 0 Å². The van der Waals surface area contributed by atoms with Crippen molar-refractivity contribution < 1.29 is 9.59 Å². The molecule has 1 unspecified atom stereocenters. The van der Waals surface area contributed by atoms with Crippen molar-refractivity contribution in [3.05, 3.63) is 0 Å². The quantitative estimate of drug-likeness (QED) is 0.701. The molecule has 0 aromatic heterocycles. The van der Waals surface area contributed by atoms with E-state index in [1.54, 1.807) is 4.90 Å². The van der Waals surface area contributed by atoms with Crippen LogP contribution in [-0.2, 0) is 9.59 Å². The topological polar surface area (TPSA) is 89.4 Å². The van der Waals surface area contributed by atoms with Crippen molar-refractivity contribution >= 4 is 11.8 Å². The molecule has 2 fully saturated rings. The van der Waals surface area contributed by atoms with Crippen molar-refractivity contribution in [3.63, 3.8) is 0 Å². The standard InChI is InChI=1S/C12H21N3O2/c13-10-3-1-8(2-4-10)12(17)15-6-5-9(7-15)11(14)16/h8-10H,1-7,13H2,(H2,14,16). The smallest absolute Gasteiger partial charge is 0.225 e. The fraction of sp³-hybridized carbons (Fsp3) is 0.833. The largest absolute Gasteiger partial charge is 0.369 e. The summed E-state index contributed by atoms with van der Waals surface area (Å²) in [5.74, 6) is -0.127. The molecule has 1 saturated heterocycles. The molecule has 1 aliphatic heterocycles. The second kappa shape index (κ2) is 5.04. The van der Waals surface area contributed by atoms with Gasteiger partial charge in [-0.1, -0.05) is 0 Å². The number of primary amides is 1. The van der Waals surface area contributed by atoms with Crippen molar-refractivity contribution in [3.8, 4) is 0 Å². The summed E-state index contributed by atoms with van der Waals surface area (Å²) < 4.78 is 0. The van der Waals surface area contributed by atoms with Crippen LogP contribution in [0.5, 0.6) is 0 Å². The first-order valence-electron chi connectivity index (χ1n) is 6.41. The highest BCUT2D eigenvalue weighted by molar-refractivity contribution is 5.82. The van der Waals surface area contributed by atoms with Gasteiger partial charge < -0.3 is 16.4 Å². The van der Waals surface area contributed by atoms with E-state index in [-0.39, 0.29) is 29.7 Å². The maximum absolute atomic E-state index is 12.2. The maximum Gasteiger partial charge on any atom is 0.225 e. The first kappa shape index (κ1) is 12.4. The Morgan fingerprint density at radius 2 is 1.65 bits per heavy atom. The van der Waals surface area contributed by atoms with E-state index in [0.29, 0.717) is 19.5 Å². The van der Waals surface area contributed by atoms with Gasteiger partial charge in [0.15, 0.2) is 0 Å². The van der Waals surface area contributed by atoms with Gasteiger partial charge in [0.25, 0.3) is 0 Å². The molecule has 0 radical (unpaired) electrons. The SMILES string of the molecule is NC(=O)C1CCN(C(=O)C2CCC(N)CC2)C1. The minimum atomic E-state index is -0.286. The van der Waals surface area contributed by atoms with Gasteiger partial charge in [-0.15, -0.1) is 0 Å². The number of carbonyl (C=O) groups excluding carboxylic acids is 2. The van der Waals surface area contributed by atoms with Gasteiger partial charge in [-0.3, -0.25) is 9.59 Å². The van der Waals surface area contributed by atoms with Crippen LogP contribution in [0.1, 0.15) is 32.1 Å². The Hall–Kier alpha value is -1.10. The first-order valence-corrected chi connectivity index (χ1v) is 6.41. The van der Waals surface area contributed by atoms with Gasteiger partial charge in [-0.2, -0.15) is 0 Å². The number of amides is 2. The van der Waals surface area contributed by atoms with E-state index in [1.165, 1.54) is 0 Å². The van der Waals surface area contributed by atoms with E-state index in [4.69, 9.17) is 11.5 Å². The molecular formula is C12H21N3O2. The molecule has 0 aromatic rings. The summed E-state index contributed by atoms with van der Waals surface area (Å²) in [6, 6.07) is 0.260. The summed E-state index contributed by atoms with van der Waals surface area (Å²) in [6.07, 6.45) is 4.36. The molecule has 17 heavy (non-hydrogen) atoms. The van der Waals surface area contributed by atoms with E-state index in [0.717, 1.165) is 25.7 Å². The number of nitrogens with zero attached hydrogens (tertiary/aromatic N) is 1. The van der Waals surface area contributed by atoms with Crippen LogP contribution in [0.25, 0.3) is 0 Å². The number of hydrogen-bond donors (Lipinski definition) is 2. The van der Waals surface area contributed by atoms with Crippen LogP contribution in [0, 0.1) is 11.8 Å². The Bertz CT molecular complexity index is 311. The van der Waals surface area contributed by atoms with Gasteiger partial charge in [0.05, 0.1) is 5.92 Å². The van der Waals surface area contributed by atoms with E-state index in [2.05, 4.69) is 0 Å². The third kappa shape index (κ3) is 2.77. The van der Waals surface area contributed by atoms with Crippen LogP contribution in [-0.4, -0.2) is 35.8 Å². The second-order valence-corrected chi connectivity index (χ2v) is 5.28. The van der Waals surface area contributed by atoms with Gasteiger partial charge in [0.2, 0.25) is 11.8 Å². The van der Waals surface area contributed by atoms with Gasteiger partial charge in [0.1, 0.15) is 0 Å². The van der Waals surface area contributed by atoms with Crippen molar-refractivity contribution in [2.24, 2.45) is 23.3 Å². The molecule has 2 rings (SSSR count). The summed E-state index contributed by atoms with van der Waals surface area (Å²) >= 11 is 0. The van der Waals surface area contributed by atoms with Crippen LogP contribution in [0.3, 0.4) is 0 Å². The van der Waals surface area contributed by atoms with E-state index in [9.17, 15) is 9.59 Å². The molecule has 0 aromatic carbocycles. The Labute approximate surface area is 102 Å². The third-order valence-corrected chi connectivity index (χ3v) is 4.02. The highest BCUT2D eigenvalue weighted by Gasteiger charge is 2.34. The summed E-state index contributed by atoms with van der Waals surface area (Å²) in [5, 5.41) is 0. The normalized spacial score (nSPS) is 33.7. The number of carbonyl (C=O) groups is 2. The third-order valence-electron chi connectivity index (χ3n) is 4.02. The molecule has 1 aliphatic carbocycles. The van der Waals surface area contributed by atoms with Crippen molar-refractivity contribution in [2.75, 3.05) is 13.1 Å². The average molecular weight is 239 g/mol. The lowest BCUT2D eigenvalue weighted by Crippen LogP contribution is -2.39. The second-order valence-electron chi connectivity index (χ2n) is 5.28. The van der Waals surface area contributed by atoms with E-state index < -0.39 is 0 Å². The minimum absolute atomic E-state index is 0.112. The molecular weight excluding hydrogens is 218 g/mol. The van der Waals surface area contributed by atoms with Crippen LogP contribution < -0.4 is 11.5 Å². The molecule has 2 aliphatic rings. The Morgan fingerprint density at radius 3 is 2.18 bits per heavy atom. The lowest BCUT2D eigenvalue weighted by molar-refractivity contribution is -0.135. The maximum atomic E-state index is 12.2. The summed E-state index contributed by atoms with van der Waals surface area (Å²) in [7, 11) is 0. The van der Waals surface area contributed by atoms with Gasteiger partial charge in [-0.05, 0) is 32.1 Å². The van der Waals surface area contributed by atoms with Gasteiger partial charge >= 0.3 is 0 Å². The molecule has 1 heterocycles. The molecule has 4 N–H and O–H groups in total. The fourth-order valence-corrected chi connectivity index (χ4v) is 2.82. The molecule has 5 heteroatoms. The Kier molecular flexibility index (Phi) is 3.66. The molecule has 1 atom stereocenters. The lowest BCUT2D eigenvalue weighted by atomic mass is 9.85. The fourth-order valence-electron chi connectivity index (χ4n) is 2.82. The van der Waals surface area contributed by atoms with Gasteiger partial charge in [0, 0.05) is 25.0 Å². The Morgan fingerprint density at radius 1 is 1.00 bits per heavy atom. The lowest BCUT2D eigenvalue weighted by Gasteiger charge is -2.28. The molecule has 1 saturated carbocycles. The predicted octanol–water partition coefficient (Wildman–Crippen LogP) is -0.162. The van der Waals surface area contributed by atoms with Crippen molar-refractivity contribution in [1.82, 2.24) is 4.90 Å². The van der Waals surface area contributed by atoms with Crippen LogP contribution in [0.4, 0.5) is 0 Å². The monoisotopic (exact) mass is 239 g/mol. The average Bonchev–Trinajstić information content (AvgIpc) is 2.78.